The standard InChI is InChI=1S/C25H21NO2/c27-25(28)19-7-4-14-26(16-19)15-18-6-3-9-22-21(18)12-13-23-20-8-2-1-5-17(20)10-11-24(22)23/h1-3,5-13H,4,14-16H2,(H,27,28). The predicted molar refractivity (Wildman–Crippen MR) is 115 cm³/mol. The number of aliphatic carboxylic acids is 1. The molecule has 0 amide bonds. The molecule has 1 aliphatic rings. The molecule has 1 aliphatic heterocycles. The normalized spacial score (nSPS) is 15.2. The molecular weight excluding hydrogens is 346 g/mol. The van der Waals surface area contributed by atoms with Gasteiger partial charge in [-0.1, -0.05) is 72.8 Å². The van der Waals surface area contributed by atoms with Crippen LogP contribution < -0.4 is 0 Å². The number of carboxylic acids is 1. The van der Waals surface area contributed by atoms with Crippen molar-refractivity contribution in [2.24, 2.45) is 0 Å². The summed E-state index contributed by atoms with van der Waals surface area (Å²) in [6.07, 6.45) is 2.64. The van der Waals surface area contributed by atoms with E-state index in [1.165, 1.54) is 37.9 Å². The molecule has 138 valence electrons. The van der Waals surface area contributed by atoms with Crippen LogP contribution in [0.4, 0.5) is 0 Å². The van der Waals surface area contributed by atoms with Crippen LogP contribution in [0.2, 0.25) is 0 Å². The SMILES string of the molecule is O=C(O)C1=CCCN(Cc2cccc3c2ccc2c4ccccc4ccc32)C1. The molecule has 4 aromatic rings. The van der Waals surface area contributed by atoms with Crippen molar-refractivity contribution in [1.29, 1.82) is 0 Å². The summed E-state index contributed by atoms with van der Waals surface area (Å²) in [7, 11) is 0. The summed E-state index contributed by atoms with van der Waals surface area (Å²) in [6, 6.07) is 23.8. The van der Waals surface area contributed by atoms with E-state index in [0.717, 1.165) is 19.5 Å². The van der Waals surface area contributed by atoms with Crippen LogP contribution in [0.5, 0.6) is 0 Å². The Balaban J connectivity index is 1.59. The van der Waals surface area contributed by atoms with Gasteiger partial charge >= 0.3 is 5.97 Å². The number of fused-ring (bicyclic) bond motifs is 5. The molecule has 0 saturated heterocycles. The molecule has 0 spiro atoms. The van der Waals surface area contributed by atoms with Crippen LogP contribution in [0, 0.1) is 0 Å². The van der Waals surface area contributed by atoms with E-state index in [0.29, 0.717) is 12.1 Å². The molecule has 0 fully saturated rings. The fourth-order valence-corrected chi connectivity index (χ4v) is 4.40. The van der Waals surface area contributed by atoms with Crippen molar-refractivity contribution in [3.05, 3.63) is 83.9 Å². The highest BCUT2D eigenvalue weighted by Crippen LogP contribution is 2.33. The number of benzene rings is 4. The van der Waals surface area contributed by atoms with Crippen LogP contribution in [0.15, 0.2) is 78.4 Å². The van der Waals surface area contributed by atoms with Gasteiger partial charge < -0.3 is 5.11 Å². The summed E-state index contributed by atoms with van der Waals surface area (Å²) >= 11 is 0. The average Bonchev–Trinajstić information content (AvgIpc) is 2.73. The maximum Gasteiger partial charge on any atom is 0.332 e. The molecule has 28 heavy (non-hydrogen) atoms. The van der Waals surface area contributed by atoms with Crippen molar-refractivity contribution in [2.45, 2.75) is 13.0 Å². The molecular formula is C25H21NO2. The van der Waals surface area contributed by atoms with Crippen LogP contribution in [0.25, 0.3) is 32.3 Å². The number of rotatable bonds is 3. The Morgan fingerprint density at radius 1 is 0.821 bits per heavy atom. The molecule has 0 atom stereocenters. The Morgan fingerprint density at radius 3 is 2.43 bits per heavy atom. The van der Waals surface area contributed by atoms with Crippen LogP contribution in [-0.2, 0) is 11.3 Å². The van der Waals surface area contributed by atoms with Gasteiger partial charge in [0.05, 0.1) is 0 Å². The molecule has 0 saturated carbocycles. The van der Waals surface area contributed by atoms with Gasteiger partial charge in [-0.3, -0.25) is 4.90 Å². The van der Waals surface area contributed by atoms with Gasteiger partial charge in [0.2, 0.25) is 0 Å². The quantitative estimate of drug-likeness (QED) is 0.495. The number of nitrogens with zero attached hydrogens (tertiary/aromatic N) is 1. The lowest BCUT2D eigenvalue weighted by atomic mass is 9.94. The number of hydrogen-bond acceptors (Lipinski definition) is 2. The zero-order chi connectivity index (χ0) is 19.1. The Hall–Kier alpha value is -3.17. The van der Waals surface area contributed by atoms with Crippen molar-refractivity contribution in [1.82, 2.24) is 4.90 Å². The first-order valence-corrected chi connectivity index (χ1v) is 9.67. The third kappa shape index (κ3) is 2.85. The zero-order valence-corrected chi connectivity index (χ0v) is 15.6. The summed E-state index contributed by atoms with van der Waals surface area (Å²) in [4.78, 5) is 13.5. The zero-order valence-electron chi connectivity index (χ0n) is 15.6. The van der Waals surface area contributed by atoms with Gasteiger partial charge in [0.1, 0.15) is 0 Å². The lowest BCUT2D eigenvalue weighted by molar-refractivity contribution is -0.133. The molecule has 0 bridgehead atoms. The second-order valence-corrected chi connectivity index (χ2v) is 7.49. The molecule has 1 N–H and O–H groups in total. The minimum atomic E-state index is -0.805. The van der Waals surface area contributed by atoms with Crippen LogP contribution in [-0.4, -0.2) is 29.1 Å². The van der Waals surface area contributed by atoms with Crippen molar-refractivity contribution in [3.8, 4) is 0 Å². The number of carbonyl (C=O) groups is 1. The van der Waals surface area contributed by atoms with E-state index in [2.05, 4.69) is 71.6 Å². The second-order valence-electron chi connectivity index (χ2n) is 7.49. The molecule has 0 aromatic heterocycles. The first kappa shape index (κ1) is 17.0. The molecule has 0 unspecified atom stereocenters. The molecule has 4 aromatic carbocycles. The smallest absolute Gasteiger partial charge is 0.332 e. The number of carboxylic acid groups (broad SMARTS) is 1. The summed E-state index contributed by atoms with van der Waals surface area (Å²) in [6.45, 7) is 2.16. The number of hydrogen-bond donors (Lipinski definition) is 1. The third-order valence-electron chi connectivity index (χ3n) is 5.77. The van der Waals surface area contributed by atoms with Crippen molar-refractivity contribution >= 4 is 38.3 Å². The summed E-state index contributed by atoms with van der Waals surface area (Å²) < 4.78 is 0. The fraction of sp³-hybridized carbons (Fsp3) is 0.160. The van der Waals surface area contributed by atoms with E-state index >= 15 is 0 Å². The van der Waals surface area contributed by atoms with E-state index in [1.807, 2.05) is 6.08 Å². The van der Waals surface area contributed by atoms with Crippen LogP contribution in [0.1, 0.15) is 12.0 Å². The van der Waals surface area contributed by atoms with Gasteiger partial charge in [-0.05, 0) is 44.3 Å². The highest BCUT2D eigenvalue weighted by Gasteiger charge is 2.18. The van der Waals surface area contributed by atoms with Gasteiger partial charge in [-0.2, -0.15) is 0 Å². The highest BCUT2D eigenvalue weighted by atomic mass is 16.4. The van der Waals surface area contributed by atoms with Gasteiger partial charge in [0.25, 0.3) is 0 Å². The topological polar surface area (TPSA) is 40.5 Å². The molecule has 5 rings (SSSR count). The van der Waals surface area contributed by atoms with Gasteiger partial charge in [-0.25, -0.2) is 4.79 Å². The van der Waals surface area contributed by atoms with Crippen molar-refractivity contribution in [2.75, 3.05) is 13.1 Å². The highest BCUT2D eigenvalue weighted by molar-refractivity contribution is 6.17. The lowest BCUT2D eigenvalue weighted by Gasteiger charge is -2.26. The first-order chi connectivity index (χ1) is 13.7. The maximum atomic E-state index is 11.3. The van der Waals surface area contributed by atoms with Crippen LogP contribution in [0.3, 0.4) is 0 Å². The molecule has 3 heteroatoms. The average molecular weight is 367 g/mol. The Kier molecular flexibility index (Phi) is 4.10. The fourth-order valence-electron chi connectivity index (χ4n) is 4.40. The van der Waals surface area contributed by atoms with E-state index in [9.17, 15) is 9.90 Å². The van der Waals surface area contributed by atoms with Gasteiger partial charge in [0, 0.05) is 25.2 Å². The van der Waals surface area contributed by atoms with E-state index < -0.39 is 5.97 Å². The Morgan fingerprint density at radius 2 is 1.54 bits per heavy atom. The maximum absolute atomic E-state index is 11.3. The van der Waals surface area contributed by atoms with E-state index in [-0.39, 0.29) is 0 Å². The van der Waals surface area contributed by atoms with E-state index in [1.54, 1.807) is 0 Å². The van der Waals surface area contributed by atoms with Crippen molar-refractivity contribution in [3.63, 3.8) is 0 Å². The molecule has 0 radical (unpaired) electrons. The molecule has 0 aliphatic carbocycles. The Labute approximate surface area is 163 Å². The summed E-state index contributed by atoms with van der Waals surface area (Å²) in [5.74, 6) is -0.805. The van der Waals surface area contributed by atoms with E-state index in [4.69, 9.17) is 0 Å². The van der Waals surface area contributed by atoms with Gasteiger partial charge in [-0.15, -0.1) is 0 Å². The Bertz CT molecular complexity index is 1260. The second kappa shape index (κ2) is 6.77. The lowest BCUT2D eigenvalue weighted by Crippen LogP contribution is -2.31. The van der Waals surface area contributed by atoms with Crippen LogP contribution >= 0.6 is 0 Å². The third-order valence-corrected chi connectivity index (χ3v) is 5.77. The largest absolute Gasteiger partial charge is 0.478 e. The van der Waals surface area contributed by atoms with Crippen molar-refractivity contribution < 1.29 is 9.90 Å². The predicted octanol–water partition coefficient (Wildman–Crippen LogP) is 5.36. The summed E-state index contributed by atoms with van der Waals surface area (Å²) in [5.41, 5.74) is 1.75. The summed E-state index contributed by atoms with van der Waals surface area (Å²) in [5, 5.41) is 16.9. The molecule has 3 nitrogen and oxygen atoms in total. The molecule has 1 heterocycles. The first-order valence-electron chi connectivity index (χ1n) is 9.67. The van der Waals surface area contributed by atoms with Gasteiger partial charge in [0.15, 0.2) is 0 Å². The minimum absolute atomic E-state index is 0.503. The monoisotopic (exact) mass is 367 g/mol. The minimum Gasteiger partial charge on any atom is -0.478 e.